The Balaban J connectivity index is 1.83. The molecular weight excluding hydrogens is 248 g/mol. The van der Waals surface area contributed by atoms with Crippen molar-refractivity contribution in [1.29, 1.82) is 0 Å². The smallest absolute Gasteiger partial charge is 0.213 e. The molecule has 2 aliphatic rings. The van der Waals surface area contributed by atoms with Crippen molar-refractivity contribution in [1.82, 2.24) is 10.0 Å². The molecule has 0 amide bonds. The maximum Gasteiger partial charge on any atom is 0.213 e. The van der Waals surface area contributed by atoms with Crippen LogP contribution >= 0.6 is 0 Å². The van der Waals surface area contributed by atoms with E-state index in [-0.39, 0.29) is 23.3 Å². The lowest BCUT2D eigenvalue weighted by Crippen LogP contribution is -2.44. The van der Waals surface area contributed by atoms with E-state index in [0.29, 0.717) is 0 Å². The minimum Gasteiger partial charge on any atom is -0.313 e. The largest absolute Gasteiger partial charge is 0.313 e. The number of hydrogen-bond acceptors (Lipinski definition) is 3. The molecule has 18 heavy (non-hydrogen) atoms. The molecule has 1 aliphatic carbocycles. The Bertz CT molecular complexity index is 372. The van der Waals surface area contributed by atoms with E-state index in [0.717, 1.165) is 38.6 Å². The highest BCUT2D eigenvalue weighted by Crippen LogP contribution is 2.37. The van der Waals surface area contributed by atoms with Crippen LogP contribution in [0, 0.1) is 5.41 Å². The molecule has 0 bridgehead atoms. The third kappa shape index (κ3) is 4.21. The van der Waals surface area contributed by atoms with Crippen LogP contribution < -0.4 is 10.0 Å². The lowest BCUT2D eigenvalue weighted by atomic mass is 9.92. The number of rotatable bonds is 4. The number of sulfonamides is 1. The maximum atomic E-state index is 12.1. The fourth-order valence-electron chi connectivity index (χ4n) is 3.17. The van der Waals surface area contributed by atoms with E-state index in [1.54, 1.807) is 0 Å². The Morgan fingerprint density at radius 1 is 1.28 bits per heavy atom. The first-order chi connectivity index (χ1) is 8.36. The molecule has 2 rings (SSSR count). The summed E-state index contributed by atoms with van der Waals surface area (Å²) in [4.78, 5) is 0. The Kier molecular flexibility index (Phi) is 4.34. The van der Waals surface area contributed by atoms with Gasteiger partial charge < -0.3 is 5.32 Å². The summed E-state index contributed by atoms with van der Waals surface area (Å²) in [6, 6.07) is 0.291. The molecule has 5 heteroatoms. The Morgan fingerprint density at radius 3 is 2.61 bits per heavy atom. The van der Waals surface area contributed by atoms with Crippen molar-refractivity contribution >= 4 is 10.0 Å². The molecule has 0 aromatic carbocycles. The van der Waals surface area contributed by atoms with Gasteiger partial charge in [0.1, 0.15) is 0 Å². The standard InChI is InChI=1S/C13H26N2O2S/c1-13(2)7-6-11(9-13)15-18(16,17)10-12-5-3-4-8-14-12/h11-12,14-15H,3-10H2,1-2H3. The maximum absolute atomic E-state index is 12.1. The molecule has 2 fully saturated rings. The molecule has 0 spiro atoms. The van der Waals surface area contributed by atoms with E-state index in [4.69, 9.17) is 0 Å². The highest BCUT2D eigenvalue weighted by molar-refractivity contribution is 7.89. The van der Waals surface area contributed by atoms with E-state index in [9.17, 15) is 8.42 Å². The van der Waals surface area contributed by atoms with Gasteiger partial charge in [0.2, 0.25) is 10.0 Å². The van der Waals surface area contributed by atoms with Crippen molar-refractivity contribution in [3.05, 3.63) is 0 Å². The normalized spacial score (nSPS) is 32.6. The zero-order valence-electron chi connectivity index (χ0n) is 11.5. The molecule has 2 N–H and O–H groups in total. The van der Waals surface area contributed by atoms with Crippen LogP contribution in [-0.2, 0) is 10.0 Å². The summed E-state index contributed by atoms with van der Waals surface area (Å²) < 4.78 is 27.1. The molecule has 0 aromatic rings. The summed E-state index contributed by atoms with van der Waals surface area (Å²) in [7, 11) is -3.13. The molecule has 1 aliphatic heterocycles. The summed E-state index contributed by atoms with van der Waals surface area (Å²) in [6.45, 7) is 5.38. The average molecular weight is 274 g/mol. The van der Waals surface area contributed by atoms with Gasteiger partial charge in [-0.05, 0) is 44.1 Å². The van der Waals surface area contributed by atoms with E-state index in [1.165, 1.54) is 6.42 Å². The first-order valence-corrected chi connectivity index (χ1v) is 8.75. The molecular formula is C13H26N2O2S. The summed E-state index contributed by atoms with van der Waals surface area (Å²) in [5.74, 6) is 0.240. The van der Waals surface area contributed by atoms with Crippen molar-refractivity contribution in [3.63, 3.8) is 0 Å². The zero-order chi connectivity index (χ0) is 13.2. The fourth-order valence-corrected chi connectivity index (χ4v) is 4.79. The third-order valence-electron chi connectivity index (χ3n) is 4.15. The predicted molar refractivity (Wildman–Crippen MR) is 74.0 cm³/mol. The van der Waals surface area contributed by atoms with E-state index in [1.807, 2.05) is 0 Å². The molecule has 2 atom stereocenters. The second kappa shape index (κ2) is 5.47. The second-order valence-electron chi connectivity index (χ2n) is 6.65. The van der Waals surface area contributed by atoms with E-state index in [2.05, 4.69) is 23.9 Å². The van der Waals surface area contributed by atoms with Gasteiger partial charge in [0, 0.05) is 12.1 Å². The number of nitrogens with one attached hydrogen (secondary N) is 2. The highest BCUT2D eigenvalue weighted by Gasteiger charge is 2.33. The van der Waals surface area contributed by atoms with Crippen LogP contribution in [0.4, 0.5) is 0 Å². The fraction of sp³-hybridized carbons (Fsp3) is 1.00. The van der Waals surface area contributed by atoms with Gasteiger partial charge >= 0.3 is 0 Å². The molecule has 1 saturated heterocycles. The van der Waals surface area contributed by atoms with Gasteiger partial charge in [-0.3, -0.25) is 0 Å². The Labute approximate surface area is 111 Å². The average Bonchev–Trinajstić information content (AvgIpc) is 2.57. The molecule has 1 saturated carbocycles. The molecule has 1 heterocycles. The Hall–Kier alpha value is -0.130. The molecule has 0 radical (unpaired) electrons. The van der Waals surface area contributed by atoms with Crippen molar-refractivity contribution in [2.75, 3.05) is 12.3 Å². The van der Waals surface area contributed by atoms with Crippen LogP contribution in [0.3, 0.4) is 0 Å². The summed E-state index contributed by atoms with van der Waals surface area (Å²) in [6.07, 6.45) is 6.35. The first kappa shape index (κ1) is 14.3. The van der Waals surface area contributed by atoms with Crippen LogP contribution in [0.2, 0.25) is 0 Å². The summed E-state index contributed by atoms with van der Waals surface area (Å²) >= 11 is 0. The Morgan fingerprint density at radius 2 is 2.06 bits per heavy atom. The van der Waals surface area contributed by atoms with Crippen molar-refractivity contribution in [2.24, 2.45) is 5.41 Å². The predicted octanol–water partition coefficient (Wildman–Crippen LogP) is 1.63. The van der Waals surface area contributed by atoms with Gasteiger partial charge in [-0.25, -0.2) is 13.1 Å². The van der Waals surface area contributed by atoms with Crippen LogP contribution in [0.5, 0.6) is 0 Å². The summed E-state index contributed by atoms with van der Waals surface area (Å²) in [5.41, 5.74) is 0.288. The lowest BCUT2D eigenvalue weighted by Gasteiger charge is -2.24. The first-order valence-electron chi connectivity index (χ1n) is 7.10. The molecule has 106 valence electrons. The van der Waals surface area contributed by atoms with Crippen molar-refractivity contribution in [3.8, 4) is 0 Å². The van der Waals surface area contributed by atoms with Gasteiger partial charge in [-0.2, -0.15) is 0 Å². The zero-order valence-corrected chi connectivity index (χ0v) is 12.4. The van der Waals surface area contributed by atoms with Gasteiger partial charge in [-0.1, -0.05) is 20.3 Å². The lowest BCUT2D eigenvalue weighted by molar-refractivity contribution is 0.372. The molecule has 4 nitrogen and oxygen atoms in total. The SMILES string of the molecule is CC1(C)CCC(NS(=O)(=O)CC2CCCCN2)C1. The van der Waals surface area contributed by atoms with Crippen LogP contribution in [-0.4, -0.2) is 32.8 Å². The monoisotopic (exact) mass is 274 g/mol. The molecule has 0 aromatic heterocycles. The quantitative estimate of drug-likeness (QED) is 0.819. The minimum atomic E-state index is -3.13. The van der Waals surface area contributed by atoms with E-state index < -0.39 is 10.0 Å². The van der Waals surface area contributed by atoms with Gasteiger partial charge in [0.15, 0.2) is 0 Å². The topological polar surface area (TPSA) is 58.2 Å². The van der Waals surface area contributed by atoms with Gasteiger partial charge in [-0.15, -0.1) is 0 Å². The minimum absolute atomic E-state index is 0.144. The van der Waals surface area contributed by atoms with Crippen LogP contribution in [0.15, 0.2) is 0 Å². The van der Waals surface area contributed by atoms with Gasteiger partial charge in [0.25, 0.3) is 0 Å². The van der Waals surface area contributed by atoms with Crippen molar-refractivity contribution < 1.29 is 8.42 Å². The van der Waals surface area contributed by atoms with E-state index >= 15 is 0 Å². The number of hydrogen-bond donors (Lipinski definition) is 2. The van der Waals surface area contributed by atoms with Crippen LogP contribution in [0.1, 0.15) is 52.4 Å². The number of piperidine rings is 1. The second-order valence-corrected chi connectivity index (χ2v) is 8.45. The van der Waals surface area contributed by atoms with Gasteiger partial charge in [0.05, 0.1) is 5.75 Å². The third-order valence-corrected chi connectivity index (χ3v) is 5.68. The van der Waals surface area contributed by atoms with Crippen molar-refractivity contribution in [2.45, 2.75) is 64.5 Å². The highest BCUT2D eigenvalue weighted by atomic mass is 32.2. The van der Waals surface area contributed by atoms with Crippen LogP contribution in [0.25, 0.3) is 0 Å². The summed E-state index contributed by atoms with van der Waals surface area (Å²) in [5, 5.41) is 3.30. The molecule has 2 unspecified atom stereocenters.